The molecule has 1 saturated heterocycles. The molecular weight excluding hydrogens is 521 g/mol. The van der Waals surface area contributed by atoms with Gasteiger partial charge in [-0.25, -0.2) is 4.39 Å². The number of nitrogens with zero attached hydrogens (tertiary/aromatic N) is 1. The van der Waals surface area contributed by atoms with Gasteiger partial charge in [-0.1, -0.05) is 11.6 Å². The second-order valence-corrected chi connectivity index (χ2v) is 9.03. The van der Waals surface area contributed by atoms with Crippen LogP contribution >= 0.6 is 11.6 Å². The summed E-state index contributed by atoms with van der Waals surface area (Å²) in [4.78, 5) is 35.3. The molecule has 12 heteroatoms. The molecule has 1 heterocycles. The van der Waals surface area contributed by atoms with Gasteiger partial charge in [0.15, 0.2) is 0 Å². The fourth-order valence-electron chi connectivity index (χ4n) is 3.81. The molecule has 10 nitrogen and oxygen atoms in total. The number of β-amino-alcohol motifs (C(OH)–C–C–N with tert-alkyl or cyclic N) is 1. The molecule has 2 aromatic carbocycles. The number of hydrogen-bond donors (Lipinski definition) is 4. The fourth-order valence-corrected chi connectivity index (χ4v) is 4.02. The van der Waals surface area contributed by atoms with Crippen molar-refractivity contribution in [2.45, 2.75) is 38.8 Å². The average Bonchev–Trinajstić information content (AvgIpc) is 2.85. The highest BCUT2D eigenvalue weighted by molar-refractivity contribution is 6.34. The van der Waals surface area contributed by atoms with Gasteiger partial charge in [0.25, 0.3) is 11.9 Å². The van der Waals surface area contributed by atoms with E-state index in [1.807, 2.05) is 0 Å². The van der Waals surface area contributed by atoms with E-state index in [4.69, 9.17) is 31.0 Å². The first-order chi connectivity index (χ1) is 18.0. The third kappa shape index (κ3) is 10.2. The number of carboxylic acid groups (broad SMARTS) is 1. The summed E-state index contributed by atoms with van der Waals surface area (Å²) in [7, 11) is 1.42. The second-order valence-electron chi connectivity index (χ2n) is 8.63. The zero-order chi connectivity index (χ0) is 28.2. The van der Waals surface area contributed by atoms with Crippen LogP contribution in [0.1, 0.15) is 37.0 Å². The van der Waals surface area contributed by atoms with Crippen molar-refractivity contribution in [2.24, 2.45) is 0 Å². The van der Waals surface area contributed by atoms with Crippen LogP contribution in [0.25, 0.3) is 0 Å². The average molecular weight is 554 g/mol. The summed E-state index contributed by atoms with van der Waals surface area (Å²) in [6.45, 7) is 4.77. The lowest BCUT2D eigenvalue weighted by Crippen LogP contribution is -2.54. The lowest BCUT2D eigenvalue weighted by atomic mass is 10.0. The van der Waals surface area contributed by atoms with Crippen LogP contribution in [0, 0.1) is 5.82 Å². The molecule has 0 radical (unpaired) electrons. The van der Waals surface area contributed by atoms with E-state index in [2.05, 4.69) is 15.5 Å². The Kier molecular flexibility index (Phi) is 12.3. The largest absolute Gasteiger partial charge is 0.496 e. The van der Waals surface area contributed by atoms with Crippen LogP contribution in [-0.4, -0.2) is 78.4 Å². The van der Waals surface area contributed by atoms with Crippen molar-refractivity contribution in [3.8, 4) is 11.5 Å². The molecule has 0 aromatic heterocycles. The molecule has 0 unspecified atom stereocenters. The molecule has 2 aromatic rings. The monoisotopic (exact) mass is 553 g/mol. The van der Waals surface area contributed by atoms with Gasteiger partial charge in [0.1, 0.15) is 17.3 Å². The number of ether oxygens (including phenoxy) is 2. The van der Waals surface area contributed by atoms with Crippen LogP contribution in [-0.2, 0) is 9.59 Å². The highest BCUT2D eigenvalue weighted by Gasteiger charge is 2.30. The van der Waals surface area contributed by atoms with Crippen LogP contribution in [0.4, 0.5) is 10.1 Å². The van der Waals surface area contributed by atoms with E-state index in [-0.39, 0.29) is 28.1 Å². The molecular formula is C26H33ClFN3O7. The molecule has 0 spiro atoms. The first-order valence-corrected chi connectivity index (χ1v) is 12.3. The van der Waals surface area contributed by atoms with Gasteiger partial charge in [-0.2, -0.15) is 0 Å². The molecule has 4 N–H and O–H groups in total. The number of hydrogen-bond acceptors (Lipinski definition) is 7. The topological polar surface area (TPSA) is 137 Å². The van der Waals surface area contributed by atoms with Crippen molar-refractivity contribution in [1.29, 1.82) is 0 Å². The van der Waals surface area contributed by atoms with E-state index in [1.165, 1.54) is 38.3 Å². The normalized spacial score (nSPS) is 17.0. The summed E-state index contributed by atoms with van der Waals surface area (Å²) < 4.78 is 23.8. The Balaban J connectivity index is 0.00000118. The zero-order valence-electron chi connectivity index (χ0n) is 21.5. The van der Waals surface area contributed by atoms with Crippen molar-refractivity contribution in [2.75, 3.05) is 38.7 Å². The standard InChI is InChI=1S/C24H29ClFN3O5.C2H4O2/c1-15(30)27-21-13-23(33-2)18(12-19(21)25)24(32)28-20-8-10-29(14-22(20)31)9-3-11-34-17-6-4-16(26)5-7-17;1-2(3)4/h4-7,12-13,20,22,31H,3,8-11,14H2,1-2H3,(H,27,30)(H,28,32);1H3,(H,3,4)/t20-,22+;/m0./s1. The number of benzene rings is 2. The number of rotatable bonds is 9. The zero-order valence-corrected chi connectivity index (χ0v) is 22.3. The Morgan fingerprint density at radius 1 is 1.18 bits per heavy atom. The summed E-state index contributed by atoms with van der Waals surface area (Å²) in [5.74, 6) is -0.974. The summed E-state index contributed by atoms with van der Waals surface area (Å²) in [5, 5.41) is 23.7. The lowest BCUT2D eigenvalue weighted by Gasteiger charge is -2.36. The minimum absolute atomic E-state index is 0.208. The summed E-state index contributed by atoms with van der Waals surface area (Å²) in [6.07, 6.45) is 0.583. The summed E-state index contributed by atoms with van der Waals surface area (Å²) in [6, 6.07) is 8.39. The number of likely N-dealkylation sites (tertiary alicyclic amines) is 1. The second kappa shape index (κ2) is 15.1. The first kappa shape index (κ1) is 30.8. The molecule has 2 atom stereocenters. The van der Waals surface area contributed by atoms with Gasteiger partial charge < -0.3 is 35.2 Å². The van der Waals surface area contributed by atoms with Crippen molar-refractivity contribution < 1.29 is 38.5 Å². The van der Waals surface area contributed by atoms with Gasteiger partial charge in [-0.3, -0.25) is 14.4 Å². The number of aliphatic carboxylic acids is 1. The first-order valence-electron chi connectivity index (χ1n) is 11.9. The Hall–Kier alpha value is -3.41. The van der Waals surface area contributed by atoms with Crippen LogP contribution < -0.4 is 20.1 Å². The third-order valence-electron chi connectivity index (χ3n) is 5.53. The van der Waals surface area contributed by atoms with Crippen LogP contribution in [0.2, 0.25) is 5.02 Å². The highest BCUT2D eigenvalue weighted by atomic mass is 35.5. The predicted octanol–water partition coefficient (Wildman–Crippen LogP) is 3.17. The number of carboxylic acids is 1. The quantitative estimate of drug-likeness (QED) is 0.347. The van der Waals surface area contributed by atoms with E-state index >= 15 is 0 Å². The predicted molar refractivity (Wildman–Crippen MR) is 140 cm³/mol. The van der Waals surface area contributed by atoms with E-state index in [9.17, 15) is 19.1 Å². The number of nitrogens with one attached hydrogen (secondary N) is 2. The molecule has 1 aliphatic heterocycles. The molecule has 2 amide bonds. The minimum atomic E-state index is -0.833. The molecule has 208 valence electrons. The Morgan fingerprint density at radius 3 is 2.42 bits per heavy atom. The number of halogens is 2. The number of carbonyl (C=O) groups is 3. The third-order valence-corrected chi connectivity index (χ3v) is 5.84. The molecule has 0 bridgehead atoms. The number of aliphatic hydroxyl groups is 1. The smallest absolute Gasteiger partial charge is 0.300 e. The maximum atomic E-state index is 12.9. The van der Waals surface area contributed by atoms with Crippen molar-refractivity contribution in [3.05, 3.63) is 52.8 Å². The van der Waals surface area contributed by atoms with Crippen LogP contribution in [0.3, 0.4) is 0 Å². The van der Waals surface area contributed by atoms with Gasteiger partial charge in [0.2, 0.25) is 5.91 Å². The molecule has 0 saturated carbocycles. The number of methoxy groups -OCH3 is 1. The van der Waals surface area contributed by atoms with Crippen molar-refractivity contribution >= 4 is 35.1 Å². The van der Waals surface area contributed by atoms with Gasteiger partial charge >= 0.3 is 0 Å². The molecule has 1 fully saturated rings. The van der Waals surface area contributed by atoms with Gasteiger partial charge in [0, 0.05) is 39.5 Å². The lowest BCUT2D eigenvalue weighted by molar-refractivity contribution is -0.134. The van der Waals surface area contributed by atoms with Crippen molar-refractivity contribution in [1.82, 2.24) is 10.2 Å². The Morgan fingerprint density at radius 2 is 1.84 bits per heavy atom. The SMILES string of the molecule is CC(=O)O.COc1cc(NC(C)=O)c(Cl)cc1C(=O)N[C@H]1CCN(CCCOc2ccc(F)cc2)C[C@H]1O. The van der Waals surface area contributed by atoms with Crippen LogP contribution in [0.5, 0.6) is 11.5 Å². The number of carbonyl (C=O) groups excluding carboxylic acids is 2. The molecule has 1 aliphatic rings. The number of amides is 2. The highest BCUT2D eigenvalue weighted by Crippen LogP contribution is 2.31. The molecule has 0 aliphatic carbocycles. The fraction of sp³-hybridized carbons (Fsp3) is 0.423. The molecule has 3 rings (SSSR count). The Labute approximate surface area is 225 Å². The van der Waals surface area contributed by atoms with Crippen molar-refractivity contribution in [3.63, 3.8) is 0 Å². The van der Waals surface area contributed by atoms with Gasteiger partial charge in [-0.15, -0.1) is 0 Å². The van der Waals surface area contributed by atoms with Gasteiger partial charge in [0.05, 0.1) is 42.1 Å². The molecule has 38 heavy (non-hydrogen) atoms. The maximum Gasteiger partial charge on any atom is 0.300 e. The van der Waals surface area contributed by atoms with Gasteiger partial charge in [-0.05, 0) is 43.2 Å². The van der Waals surface area contributed by atoms with E-state index < -0.39 is 24.0 Å². The Bertz CT molecular complexity index is 1100. The van der Waals surface area contributed by atoms with E-state index in [0.717, 1.165) is 19.9 Å². The van der Waals surface area contributed by atoms with E-state index in [1.54, 1.807) is 12.1 Å². The number of aliphatic hydroxyl groups excluding tert-OH is 1. The number of anilines is 1. The maximum absolute atomic E-state index is 12.9. The van der Waals surface area contributed by atoms with Crippen LogP contribution in [0.15, 0.2) is 36.4 Å². The summed E-state index contributed by atoms with van der Waals surface area (Å²) in [5.41, 5.74) is 0.563. The van der Waals surface area contributed by atoms with E-state index in [0.29, 0.717) is 37.6 Å². The minimum Gasteiger partial charge on any atom is -0.496 e. The number of piperidine rings is 1. The summed E-state index contributed by atoms with van der Waals surface area (Å²) >= 11 is 6.21.